The van der Waals surface area contributed by atoms with E-state index in [4.69, 9.17) is 0 Å². The summed E-state index contributed by atoms with van der Waals surface area (Å²) in [6, 6.07) is 13.5. The van der Waals surface area contributed by atoms with Crippen LogP contribution in [0.3, 0.4) is 0 Å². The first-order valence-corrected chi connectivity index (χ1v) is 6.85. The number of anilines is 1. The van der Waals surface area contributed by atoms with Gasteiger partial charge in [0.15, 0.2) is 0 Å². The third kappa shape index (κ3) is 3.23. The van der Waals surface area contributed by atoms with Crippen molar-refractivity contribution < 1.29 is 4.79 Å². The van der Waals surface area contributed by atoms with E-state index in [1.54, 1.807) is 18.6 Å². The highest BCUT2D eigenvalue weighted by atomic mass is 16.1. The second-order valence-electron chi connectivity index (χ2n) is 4.79. The van der Waals surface area contributed by atoms with Crippen LogP contribution in [0.4, 0.5) is 5.69 Å². The summed E-state index contributed by atoms with van der Waals surface area (Å²) in [5, 5.41) is 3.95. The molecule has 0 atom stereocenters. The highest BCUT2D eigenvalue weighted by Gasteiger charge is 2.06. The molecule has 3 rings (SSSR count). The van der Waals surface area contributed by atoms with E-state index in [9.17, 15) is 4.79 Å². The Morgan fingerprint density at radius 2 is 1.90 bits per heavy atom. The molecule has 0 fully saturated rings. The van der Waals surface area contributed by atoms with Crippen LogP contribution in [0.2, 0.25) is 0 Å². The maximum atomic E-state index is 12.1. The van der Waals surface area contributed by atoms with E-state index in [0.717, 1.165) is 22.2 Å². The lowest BCUT2D eigenvalue weighted by Gasteiger charge is -2.07. The lowest BCUT2D eigenvalue weighted by Crippen LogP contribution is -2.12. The number of nitrogens with zero attached hydrogens (tertiary/aromatic N) is 2. The van der Waals surface area contributed by atoms with Crippen LogP contribution in [0.5, 0.6) is 0 Å². The molecule has 3 aromatic rings. The number of pyridine rings is 2. The average Bonchev–Trinajstić information content (AvgIpc) is 2.54. The lowest BCUT2D eigenvalue weighted by atomic mass is 10.1. The molecule has 0 saturated heterocycles. The smallest absolute Gasteiger partial charge is 0.224 e. The molecule has 4 heteroatoms. The third-order valence-corrected chi connectivity index (χ3v) is 3.27. The van der Waals surface area contributed by atoms with Crippen molar-refractivity contribution in [1.29, 1.82) is 0 Å². The molecule has 0 radical (unpaired) electrons. The molecule has 1 amide bonds. The number of benzene rings is 1. The Balaban J connectivity index is 1.69. The summed E-state index contributed by atoms with van der Waals surface area (Å²) in [6.45, 7) is 0. The zero-order valence-electron chi connectivity index (χ0n) is 11.5. The van der Waals surface area contributed by atoms with Gasteiger partial charge in [-0.1, -0.05) is 24.3 Å². The first-order chi connectivity index (χ1) is 10.3. The normalized spacial score (nSPS) is 10.5. The molecule has 0 aliphatic heterocycles. The first-order valence-electron chi connectivity index (χ1n) is 6.85. The van der Waals surface area contributed by atoms with Gasteiger partial charge in [-0.05, 0) is 30.2 Å². The fourth-order valence-electron chi connectivity index (χ4n) is 2.22. The number of fused-ring (bicyclic) bond motifs is 1. The van der Waals surface area contributed by atoms with Crippen LogP contribution in [0.1, 0.15) is 12.0 Å². The van der Waals surface area contributed by atoms with E-state index in [1.807, 2.05) is 42.5 Å². The molecule has 0 unspecified atom stereocenters. The quantitative estimate of drug-likeness (QED) is 0.796. The fraction of sp³-hybridized carbons (Fsp3) is 0.118. The summed E-state index contributed by atoms with van der Waals surface area (Å²) in [7, 11) is 0. The number of para-hydroxylation sites is 1. The van der Waals surface area contributed by atoms with Gasteiger partial charge in [0, 0.05) is 30.4 Å². The van der Waals surface area contributed by atoms with E-state index in [-0.39, 0.29) is 5.91 Å². The van der Waals surface area contributed by atoms with Crippen molar-refractivity contribution >= 4 is 22.5 Å². The molecular formula is C17H15N3O. The number of carbonyl (C=O) groups is 1. The van der Waals surface area contributed by atoms with Gasteiger partial charge >= 0.3 is 0 Å². The number of aryl methyl sites for hydroxylation is 1. The molecule has 104 valence electrons. The fourth-order valence-corrected chi connectivity index (χ4v) is 2.22. The Kier molecular flexibility index (Phi) is 3.87. The van der Waals surface area contributed by atoms with E-state index < -0.39 is 0 Å². The molecule has 4 nitrogen and oxygen atoms in total. The van der Waals surface area contributed by atoms with Crippen LogP contribution < -0.4 is 5.32 Å². The Bertz CT molecular complexity index is 751. The van der Waals surface area contributed by atoms with Crippen LogP contribution >= 0.6 is 0 Å². The van der Waals surface area contributed by atoms with Crippen LogP contribution in [-0.2, 0) is 11.2 Å². The minimum absolute atomic E-state index is 0.0167. The van der Waals surface area contributed by atoms with Crippen molar-refractivity contribution in [2.24, 2.45) is 0 Å². The highest BCUT2D eigenvalue weighted by Crippen LogP contribution is 2.20. The number of nitrogens with one attached hydrogen (secondary N) is 1. The molecule has 0 spiro atoms. The molecular weight excluding hydrogens is 262 g/mol. The van der Waals surface area contributed by atoms with Gasteiger partial charge in [0.2, 0.25) is 5.91 Å². The third-order valence-electron chi connectivity index (χ3n) is 3.27. The molecule has 0 aliphatic carbocycles. The second-order valence-corrected chi connectivity index (χ2v) is 4.79. The number of amides is 1. The SMILES string of the molecule is O=C(CCc1cccnc1)Nc1cccc2cccnc12. The molecule has 0 saturated carbocycles. The number of carbonyl (C=O) groups excluding carboxylic acids is 1. The molecule has 1 N–H and O–H groups in total. The Morgan fingerprint density at radius 1 is 1.05 bits per heavy atom. The van der Waals surface area contributed by atoms with Gasteiger partial charge in [-0.2, -0.15) is 0 Å². The Morgan fingerprint density at radius 3 is 2.76 bits per heavy atom. The van der Waals surface area contributed by atoms with Crippen molar-refractivity contribution in [2.75, 3.05) is 5.32 Å². The van der Waals surface area contributed by atoms with Crippen LogP contribution in [0.15, 0.2) is 61.1 Å². The van der Waals surface area contributed by atoms with Gasteiger partial charge in [-0.25, -0.2) is 0 Å². The summed E-state index contributed by atoms with van der Waals surface area (Å²) in [6.07, 6.45) is 6.35. The molecule has 0 bridgehead atoms. The molecule has 0 aliphatic rings. The van der Waals surface area contributed by atoms with Gasteiger partial charge in [0.25, 0.3) is 0 Å². The predicted molar refractivity (Wildman–Crippen MR) is 82.9 cm³/mol. The standard InChI is InChI=1S/C17H15N3O/c21-16(9-8-13-4-2-10-18-12-13)20-15-7-1-5-14-6-3-11-19-17(14)15/h1-7,10-12H,8-9H2,(H,20,21). The van der Waals surface area contributed by atoms with Gasteiger partial charge in [0.05, 0.1) is 11.2 Å². The average molecular weight is 277 g/mol. The number of aromatic nitrogens is 2. The maximum absolute atomic E-state index is 12.1. The zero-order chi connectivity index (χ0) is 14.5. The topological polar surface area (TPSA) is 54.9 Å². The van der Waals surface area contributed by atoms with Crippen molar-refractivity contribution in [3.05, 3.63) is 66.6 Å². The zero-order valence-corrected chi connectivity index (χ0v) is 11.5. The summed E-state index contributed by atoms with van der Waals surface area (Å²) in [5.41, 5.74) is 2.63. The van der Waals surface area contributed by atoms with Gasteiger partial charge in [-0.15, -0.1) is 0 Å². The molecule has 21 heavy (non-hydrogen) atoms. The first kappa shape index (κ1) is 13.2. The predicted octanol–water partition coefficient (Wildman–Crippen LogP) is 3.20. The largest absolute Gasteiger partial charge is 0.324 e. The Hall–Kier alpha value is -2.75. The van der Waals surface area contributed by atoms with E-state index in [2.05, 4.69) is 15.3 Å². The summed E-state index contributed by atoms with van der Waals surface area (Å²) >= 11 is 0. The second kappa shape index (κ2) is 6.13. The number of hydrogen-bond donors (Lipinski definition) is 1. The van der Waals surface area contributed by atoms with Crippen molar-refractivity contribution in [2.45, 2.75) is 12.8 Å². The van der Waals surface area contributed by atoms with E-state index in [1.165, 1.54) is 0 Å². The summed E-state index contributed by atoms with van der Waals surface area (Å²) in [4.78, 5) is 20.4. The van der Waals surface area contributed by atoms with Crippen LogP contribution in [0.25, 0.3) is 10.9 Å². The number of rotatable bonds is 4. The highest BCUT2D eigenvalue weighted by molar-refractivity contribution is 6.00. The van der Waals surface area contributed by atoms with Crippen LogP contribution in [0, 0.1) is 0 Å². The minimum Gasteiger partial charge on any atom is -0.324 e. The van der Waals surface area contributed by atoms with Crippen molar-refractivity contribution in [3.63, 3.8) is 0 Å². The maximum Gasteiger partial charge on any atom is 0.224 e. The lowest BCUT2D eigenvalue weighted by molar-refractivity contribution is -0.116. The van der Waals surface area contributed by atoms with Gasteiger partial charge < -0.3 is 5.32 Å². The summed E-state index contributed by atoms with van der Waals surface area (Å²) in [5.74, 6) is -0.0167. The van der Waals surface area contributed by atoms with Crippen molar-refractivity contribution in [3.8, 4) is 0 Å². The monoisotopic (exact) mass is 277 g/mol. The van der Waals surface area contributed by atoms with Crippen molar-refractivity contribution in [1.82, 2.24) is 9.97 Å². The molecule has 2 aromatic heterocycles. The Labute approximate surface area is 122 Å². The summed E-state index contributed by atoms with van der Waals surface area (Å²) < 4.78 is 0. The molecule has 2 heterocycles. The van der Waals surface area contributed by atoms with E-state index in [0.29, 0.717) is 12.8 Å². The van der Waals surface area contributed by atoms with Crippen LogP contribution in [-0.4, -0.2) is 15.9 Å². The minimum atomic E-state index is -0.0167. The van der Waals surface area contributed by atoms with E-state index >= 15 is 0 Å². The number of hydrogen-bond acceptors (Lipinski definition) is 3. The van der Waals surface area contributed by atoms with Gasteiger partial charge in [0.1, 0.15) is 0 Å². The molecule has 1 aromatic carbocycles. The van der Waals surface area contributed by atoms with Gasteiger partial charge in [-0.3, -0.25) is 14.8 Å².